The standard InChI is InChI=1S/C22H40N2O13S/c1-11(27)4-2-3-6-38-7-5-23-14(28)10-34-24-21-18(32)17(31)20(13(9-26)35-21)37-22-19(33)16(30)15(29)12(8-25)36-22/h12-13,15-22,24-26,29-33H,2-10H2,1H3,(H,23,28)/t12?,13?,15-,16?,17?,18+,19+,20-,21-,22-/m1/s1. The molecule has 2 aliphatic heterocycles. The Morgan fingerprint density at radius 1 is 0.868 bits per heavy atom. The molecule has 2 fully saturated rings. The van der Waals surface area contributed by atoms with Crippen molar-refractivity contribution in [3.8, 4) is 0 Å². The quantitative estimate of drug-likeness (QED) is 0.0629. The number of hydrogen-bond acceptors (Lipinski definition) is 15. The Kier molecular flexibility index (Phi) is 14.8. The predicted octanol–water partition coefficient (Wildman–Crippen LogP) is -4.26. The van der Waals surface area contributed by atoms with Crippen molar-refractivity contribution in [2.24, 2.45) is 0 Å². The zero-order valence-corrected chi connectivity index (χ0v) is 21.9. The molecule has 0 radical (unpaired) electrons. The van der Waals surface area contributed by atoms with Crippen LogP contribution in [0.3, 0.4) is 0 Å². The van der Waals surface area contributed by atoms with Crippen LogP contribution in [-0.2, 0) is 28.6 Å². The minimum absolute atomic E-state index is 0.171. The van der Waals surface area contributed by atoms with Gasteiger partial charge in [0.05, 0.1) is 13.2 Å². The maximum atomic E-state index is 11.9. The van der Waals surface area contributed by atoms with Crippen LogP contribution < -0.4 is 10.8 Å². The highest BCUT2D eigenvalue weighted by atomic mass is 32.2. The van der Waals surface area contributed by atoms with E-state index in [2.05, 4.69) is 10.8 Å². The molecule has 38 heavy (non-hydrogen) atoms. The lowest BCUT2D eigenvalue weighted by atomic mass is 9.96. The number of nitrogens with one attached hydrogen (secondary N) is 2. The maximum absolute atomic E-state index is 11.9. The van der Waals surface area contributed by atoms with Gasteiger partial charge in [0.2, 0.25) is 5.91 Å². The highest BCUT2D eigenvalue weighted by Gasteiger charge is 2.50. The molecule has 0 saturated carbocycles. The van der Waals surface area contributed by atoms with Gasteiger partial charge < -0.3 is 60.1 Å². The molecule has 0 spiro atoms. The molecule has 9 N–H and O–H groups in total. The Morgan fingerprint density at radius 3 is 2.24 bits per heavy atom. The van der Waals surface area contributed by atoms with Gasteiger partial charge in [-0.3, -0.25) is 9.63 Å². The molecule has 0 aromatic rings. The zero-order chi connectivity index (χ0) is 28.2. The van der Waals surface area contributed by atoms with Crippen molar-refractivity contribution in [2.75, 3.05) is 37.9 Å². The Labute approximate surface area is 224 Å². The molecule has 0 aromatic carbocycles. The van der Waals surface area contributed by atoms with Crippen molar-refractivity contribution in [1.82, 2.24) is 10.8 Å². The molecule has 16 heteroatoms. The number of carbonyl (C=O) groups excluding carboxylic acids is 2. The van der Waals surface area contributed by atoms with Gasteiger partial charge in [-0.15, -0.1) is 0 Å². The summed E-state index contributed by atoms with van der Waals surface area (Å²) in [5, 5.41) is 72.6. The van der Waals surface area contributed by atoms with E-state index in [4.69, 9.17) is 19.0 Å². The summed E-state index contributed by atoms with van der Waals surface area (Å²) in [6.07, 6.45) is -13.1. The molecule has 10 atom stereocenters. The van der Waals surface area contributed by atoms with Gasteiger partial charge >= 0.3 is 0 Å². The lowest BCUT2D eigenvalue weighted by Crippen LogP contribution is -2.66. The number of ether oxygens (including phenoxy) is 3. The van der Waals surface area contributed by atoms with Crippen molar-refractivity contribution < 1.29 is 64.4 Å². The molecule has 1 amide bonds. The number of unbranched alkanes of at least 4 members (excludes halogenated alkanes) is 1. The third kappa shape index (κ3) is 9.88. The van der Waals surface area contributed by atoms with Crippen molar-refractivity contribution in [1.29, 1.82) is 0 Å². The Bertz CT molecular complexity index is 719. The summed E-state index contributed by atoms with van der Waals surface area (Å²) >= 11 is 1.65. The summed E-state index contributed by atoms with van der Waals surface area (Å²) in [5.74, 6) is 1.30. The van der Waals surface area contributed by atoms with Crippen LogP contribution >= 0.6 is 11.8 Å². The number of Topliss-reactive ketones (excluding diaryl/α,β-unsaturated/α-hetero) is 1. The summed E-state index contributed by atoms with van der Waals surface area (Å²) in [5.41, 5.74) is 2.31. The van der Waals surface area contributed by atoms with Gasteiger partial charge in [0.25, 0.3) is 0 Å². The van der Waals surface area contributed by atoms with Crippen LogP contribution in [0.5, 0.6) is 0 Å². The Hall–Kier alpha value is -0.990. The van der Waals surface area contributed by atoms with E-state index in [0.29, 0.717) is 18.7 Å². The highest BCUT2D eigenvalue weighted by molar-refractivity contribution is 7.99. The van der Waals surface area contributed by atoms with Gasteiger partial charge in [0.15, 0.2) is 12.5 Å². The molecule has 2 aliphatic rings. The van der Waals surface area contributed by atoms with Gasteiger partial charge in [-0.2, -0.15) is 17.2 Å². The minimum atomic E-state index is -1.76. The fourth-order valence-electron chi connectivity index (χ4n) is 3.87. The van der Waals surface area contributed by atoms with E-state index in [1.54, 1.807) is 18.7 Å². The largest absolute Gasteiger partial charge is 0.394 e. The van der Waals surface area contributed by atoms with Gasteiger partial charge in [-0.05, 0) is 25.5 Å². The van der Waals surface area contributed by atoms with Crippen LogP contribution in [0.4, 0.5) is 0 Å². The van der Waals surface area contributed by atoms with E-state index in [1.165, 1.54) is 0 Å². The number of rotatable bonds is 16. The van der Waals surface area contributed by atoms with E-state index in [9.17, 15) is 45.3 Å². The lowest BCUT2D eigenvalue weighted by molar-refractivity contribution is -0.347. The summed E-state index contributed by atoms with van der Waals surface area (Å²) in [6, 6.07) is 0. The van der Waals surface area contributed by atoms with Crippen molar-refractivity contribution in [2.45, 2.75) is 87.5 Å². The van der Waals surface area contributed by atoms with Crippen LogP contribution in [0.2, 0.25) is 0 Å². The summed E-state index contributed by atoms with van der Waals surface area (Å²) in [4.78, 5) is 27.9. The van der Waals surface area contributed by atoms with Gasteiger partial charge in [0, 0.05) is 18.7 Å². The average Bonchev–Trinajstić information content (AvgIpc) is 2.89. The van der Waals surface area contributed by atoms with Crippen LogP contribution in [0.25, 0.3) is 0 Å². The van der Waals surface area contributed by atoms with E-state index < -0.39 is 87.1 Å². The van der Waals surface area contributed by atoms with Crippen LogP contribution in [0.15, 0.2) is 0 Å². The Balaban J connectivity index is 1.74. The number of ketones is 1. The average molecular weight is 573 g/mol. The van der Waals surface area contributed by atoms with Gasteiger partial charge in [-0.25, -0.2) is 0 Å². The summed E-state index contributed by atoms with van der Waals surface area (Å²) in [7, 11) is 0. The topological polar surface area (TPSA) is 237 Å². The van der Waals surface area contributed by atoms with Crippen molar-refractivity contribution in [3.05, 3.63) is 0 Å². The summed E-state index contributed by atoms with van der Waals surface area (Å²) < 4.78 is 16.2. The fourth-order valence-corrected chi connectivity index (χ4v) is 4.73. The van der Waals surface area contributed by atoms with E-state index >= 15 is 0 Å². The number of hydroxylamine groups is 1. The molecule has 0 aromatic heterocycles. The van der Waals surface area contributed by atoms with E-state index in [0.717, 1.165) is 18.6 Å². The van der Waals surface area contributed by atoms with Crippen molar-refractivity contribution >= 4 is 23.5 Å². The molecule has 0 bridgehead atoms. The monoisotopic (exact) mass is 572 g/mol. The number of amides is 1. The molecular weight excluding hydrogens is 532 g/mol. The lowest BCUT2D eigenvalue weighted by Gasteiger charge is -2.46. The number of aliphatic hydroxyl groups is 7. The molecule has 15 nitrogen and oxygen atoms in total. The second-order valence-electron chi connectivity index (χ2n) is 9.08. The first-order chi connectivity index (χ1) is 18.1. The maximum Gasteiger partial charge on any atom is 0.248 e. The number of hydrogen-bond donors (Lipinski definition) is 9. The molecule has 222 valence electrons. The molecule has 2 heterocycles. The molecule has 0 aliphatic carbocycles. The molecule has 4 unspecified atom stereocenters. The zero-order valence-electron chi connectivity index (χ0n) is 21.1. The highest BCUT2D eigenvalue weighted by Crippen LogP contribution is 2.28. The fraction of sp³-hybridized carbons (Fsp3) is 0.909. The van der Waals surface area contributed by atoms with Crippen LogP contribution in [0, 0.1) is 0 Å². The second kappa shape index (κ2) is 17.0. The number of carbonyl (C=O) groups is 2. The van der Waals surface area contributed by atoms with Crippen LogP contribution in [0.1, 0.15) is 26.2 Å². The predicted molar refractivity (Wildman–Crippen MR) is 130 cm³/mol. The third-order valence-electron chi connectivity index (χ3n) is 6.04. The first kappa shape index (κ1) is 33.2. The smallest absolute Gasteiger partial charge is 0.248 e. The minimum Gasteiger partial charge on any atom is -0.394 e. The second-order valence-corrected chi connectivity index (χ2v) is 10.3. The normalized spacial score (nSPS) is 35.7. The SMILES string of the molecule is CC(=O)CCCCSCCNC(=O)CON[C@@H]1OC(CO)[C@@H](O[C@H]2OC(CO)[C@@H](O)C(O)[C@@H]2O)C(O)[C@@H]1O. The Morgan fingerprint density at radius 2 is 1.58 bits per heavy atom. The van der Waals surface area contributed by atoms with Gasteiger partial charge in [-0.1, -0.05) is 0 Å². The van der Waals surface area contributed by atoms with Crippen molar-refractivity contribution in [3.63, 3.8) is 0 Å². The van der Waals surface area contributed by atoms with Crippen LogP contribution in [-0.4, -0.2) is 147 Å². The van der Waals surface area contributed by atoms with E-state index in [1.807, 2.05) is 0 Å². The number of thioether (sulfide) groups is 1. The summed E-state index contributed by atoms with van der Waals surface area (Å²) in [6.45, 7) is 0.146. The number of aliphatic hydroxyl groups excluding tert-OH is 7. The first-order valence-electron chi connectivity index (χ1n) is 12.4. The van der Waals surface area contributed by atoms with E-state index in [-0.39, 0.29) is 5.78 Å². The molecule has 2 saturated heterocycles. The molecule has 2 rings (SSSR count). The van der Waals surface area contributed by atoms with Gasteiger partial charge in [0.1, 0.15) is 61.2 Å². The molecular formula is C22H40N2O13S. The third-order valence-corrected chi connectivity index (χ3v) is 7.11. The first-order valence-corrected chi connectivity index (χ1v) is 13.6.